The molecule has 2 heterocycles. The molecule has 0 aliphatic carbocycles. The molecular formula is C19H23N3O2. The quantitative estimate of drug-likeness (QED) is 0.942. The molecule has 5 nitrogen and oxygen atoms in total. The molecule has 1 aromatic carbocycles. The molecule has 1 aromatic heterocycles. The Hall–Kier alpha value is -2.40. The molecule has 0 radical (unpaired) electrons. The van der Waals surface area contributed by atoms with E-state index in [9.17, 15) is 4.79 Å². The van der Waals surface area contributed by atoms with Gasteiger partial charge in [-0.15, -0.1) is 0 Å². The lowest BCUT2D eigenvalue weighted by atomic mass is 9.98. The molecule has 3 rings (SSSR count). The van der Waals surface area contributed by atoms with Crippen LogP contribution in [0.3, 0.4) is 0 Å². The first-order valence-electron chi connectivity index (χ1n) is 8.24. The van der Waals surface area contributed by atoms with Crippen molar-refractivity contribution >= 4 is 5.91 Å². The number of amides is 1. The van der Waals surface area contributed by atoms with E-state index in [2.05, 4.69) is 11.9 Å². The zero-order valence-corrected chi connectivity index (χ0v) is 14.1. The van der Waals surface area contributed by atoms with Gasteiger partial charge >= 0.3 is 0 Å². The molecule has 2 N–H and O–H groups in total. The molecule has 24 heavy (non-hydrogen) atoms. The molecule has 2 atom stereocenters. The number of rotatable bonds is 3. The molecular weight excluding hydrogens is 302 g/mol. The summed E-state index contributed by atoms with van der Waals surface area (Å²) in [6.07, 6.45) is 5.10. The topological polar surface area (TPSA) is 68.5 Å². The Balaban J connectivity index is 1.83. The van der Waals surface area contributed by atoms with Crippen LogP contribution in [0.15, 0.2) is 42.7 Å². The fourth-order valence-corrected chi connectivity index (χ4v) is 3.17. The average molecular weight is 325 g/mol. The Kier molecular flexibility index (Phi) is 4.81. The second kappa shape index (κ2) is 7.01. The predicted molar refractivity (Wildman–Crippen MR) is 93.9 cm³/mol. The van der Waals surface area contributed by atoms with Crippen LogP contribution in [-0.2, 0) is 0 Å². The first-order chi connectivity index (χ1) is 11.6. The molecule has 126 valence electrons. The van der Waals surface area contributed by atoms with E-state index in [0.29, 0.717) is 12.1 Å². The second-order valence-electron chi connectivity index (χ2n) is 6.32. The summed E-state index contributed by atoms with van der Waals surface area (Å²) in [5, 5.41) is 0. The van der Waals surface area contributed by atoms with Crippen molar-refractivity contribution in [3.8, 4) is 16.9 Å². The van der Waals surface area contributed by atoms with Crippen LogP contribution in [0.25, 0.3) is 11.1 Å². The Bertz CT molecular complexity index is 715. The number of hydrogen-bond acceptors (Lipinski definition) is 4. The molecule has 2 aromatic rings. The Labute approximate surface area is 142 Å². The average Bonchev–Trinajstić information content (AvgIpc) is 2.61. The van der Waals surface area contributed by atoms with Gasteiger partial charge < -0.3 is 15.4 Å². The predicted octanol–water partition coefficient (Wildman–Crippen LogP) is 2.71. The van der Waals surface area contributed by atoms with Crippen molar-refractivity contribution in [2.45, 2.75) is 31.8 Å². The molecule has 0 unspecified atom stereocenters. The number of ether oxygens (including phenoxy) is 1. The number of nitrogens with two attached hydrogens (primary N) is 1. The van der Waals surface area contributed by atoms with Crippen LogP contribution < -0.4 is 10.5 Å². The van der Waals surface area contributed by atoms with Gasteiger partial charge in [0.1, 0.15) is 5.75 Å². The first-order valence-corrected chi connectivity index (χ1v) is 8.24. The minimum atomic E-state index is 0.0252. The largest absolute Gasteiger partial charge is 0.497 e. The van der Waals surface area contributed by atoms with Crippen LogP contribution in [0, 0.1) is 0 Å². The van der Waals surface area contributed by atoms with E-state index in [4.69, 9.17) is 10.5 Å². The van der Waals surface area contributed by atoms with E-state index < -0.39 is 0 Å². The number of hydrogen-bond donors (Lipinski definition) is 1. The van der Waals surface area contributed by atoms with Crippen molar-refractivity contribution in [3.05, 3.63) is 48.3 Å². The van der Waals surface area contributed by atoms with Crippen LogP contribution in [0.1, 0.15) is 30.1 Å². The van der Waals surface area contributed by atoms with Crippen LogP contribution in [0.2, 0.25) is 0 Å². The summed E-state index contributed by atoms with van der Waals surface area (Å²) < 4.78 is 5.18. The van der Waals surface area contributed by atoms with Crippen molar-refractivity contribution in [2.24, 2.45) is 5.73 Å². The number of piperidine rings is 1. The van der Waals surface area contributed by atoms with E-state index >= 15 is 0 Å². The molecule has 0 saturated carbocycles. The lowest BCUT2D eigenvalue weighted by molar-refractivity contribution is 0.0618. The van der Waals surface area contributed by atoms with Crippen molar-refractivity contribution in [2.75, 3.05) is 13.7 Å². The molecule has 1 saturated heterocycles. The zero-order valence-electron chi connectivity index (χ0n) is 14.1. The van der Waals surface area contributed by atoms with Gasteiger partial charge in [-0.2, -0.15) is 0 Å². The first kappa shape index (κ1) is 16.5. The van der Waals surface area contributed by atoms with Gasteiger partial charge in [-0.3, -0.25) is 9.78 Å². The van der Waals surface area contributed by atoms with Gasteiger partial charge in [-0.25, -0.2) is 0 Å². The number of aromatic nitrogens is 1. The van der Waals surface area contributed by atoms with E-state index in [1.54, 1.807) is 19.5 Å². The van der Waals surface area contributed by atoms with Crippen LogP contribution >= 0.6 is 0 Å². The summed E-state index contributed by atoms with van der Waals surface area (Å²) in [5.74, 6) is 0.828. The molecule has 1 amide bonds. The SMILES string of the molecule is COc1ccc(-c2cncc(C(=O)N3CC[C@@H](N)C[C@H]3C)c2)cc1. The third-order valence-electron chi connectivity index (χ3n) is 4.59. The lowest BCUT2D eigenvalue weighted by Crippen LogP contribution is -2.48. The normalized spacial score (nSPS) is 20.7. The van der Waals surface area contributed by atoms with Gasteiger partial charge in [0.2, 0.25) is 0 Å². The van der Waals surface area contributed by atoms with Gasteiger partial charge in [0.05, 0.1) is 12.7 Å². The summed E-state index contributed by atoms with van der Waals surface area (Å²) in [4.78, 5) is 19.0. The highest BCUT2D eigenvalue weighted by Crippen LogP contribution is 2.24. The van der Waals surface area contributed by atoms with Crippen molar-refractivity contribution in [3.63, 3.8) is 0 Å². The van der Waals surface area contributed by atoms with Crippen molar-refractivity contribution in [1.29, 1.82) is 0 Å². The standard InChI is InChI=1S/C19H23N3O2/c1-13-9-17(20)7-8-22(13)19(23)16-10-15(11-21-12-16)14-3-5-18(24-2)6-4-14/h3-6,10-13,17H,7-9,20H2,1-2H3/t13-,17-/m1/s1. The van der Waals surface area contributed by atoms with Crippen LogP contribution in [0.5, 0.6) is 5.75 Å². The fraction of sp³-hybridized carbons (Fsp3) is 0.368. The van der Waals surface area contributed by atoms with E-state index in [0.717, 1.165) is 29.7 Å². The summed E-state index contributed by atoms with van der Waals surface area (Å²) in [6.45, 7) is 2.76. The molecule has 5 heteroatoms. The van der Waals surface area contributed by atoms with Crippen LogP contribution in [0.4, 0.5) is 0 Å². The minimum absolute atomic E-state index is 0.0252. The molecule has 0 spiro atoms. The van der Waals surface area contributed by atoms with E-state index in [1.807, 2.05) is 35.2 Å². The monoisotopic (exact) mass is 325 g/mol. The Morgan fingerprint density at radius 1 is 1.25 bits per heavy atom. The maximum atomic E-state index is 12.8. The number of nitrogens with zero attached hydrogens (tertiary/aromatic N) is 2. The molecule has 1 fully saturated rings. The second-order valence-corrected chi connectivity index (χ2v) is 6.32. The van der Waals surface area contributed by atoms with E-state index in [-0.39, 0.29) is 18.0 Å². The number of carbonyl (C=O) groups is 1. The summed E-state index contributed by atoms with van der Waals surface area (Å²) in [7, 11) is 1.64. The number of benzene rings is 1. The maximum Gasteiger partial charge on any atom is 0.255 e. The fourth-order valence-electron chi connectivity index (χ4n) is 3.17. The van der Waals surface area contributed by atoms with Gasteiger partial charge in [0, 0.05) is 36.6 Å². The zero-order chi connectivity index (χ0) is 17.1. The highest BCUT2D eigenvalue weighted by Gasteiger charge is 2.27. The van der Waals surface area contributed by atoms with E-state index in [1.165, 1.54) is 0 Å². The highest BCUT2D eigenvalue weighted by atomic mass is 16.5. The third-order valence-corrected chi connectivity index (χ3v) is 4.59. The molecule has 0 bridgehead atoms. The Morgan fingerprint density at radius 3 is 2.67 bits per heavy atom. The minimum Gasteiger partial charge on any atom is -0.497 e. The number of methoxy groups -OCH3 is 1. The maximum absolute atomic E-state index is 12.8. The van der Waals surface area contributed by atoms with Gasteiger partial charge in [-0.05, 0) is 43.5 Å². The highest BCUT2D eigenvalue weighted by molar-refractivity contribution is 5.95. The molecule has 1 aliphatic rings. The summed E-state index contributed by atoms with van der Waals surface area (Å²) >= 11 is 0. The molecule has 1 aliphatic heterocycles. The summed E-state index contributed by atoms with van der Waals surface area (Å²) in [6, 6.07) is 9.98. The van der Waals surface area contributed by atoms with Crippen molar-refractivity contribution in [1.82, 2.24) is 9.88 Å². The number of likely N-dealkylation sites (tertiary alicyclic amines) is 1. The number of pyridine rings is 1. The van der Waals surface area contributed by atoms with Gasteiger partial charge in [0.25, 0.3) is 5.91 Å². The Morgan fingerprint density at radius 2 is 2.00 bits per heavy atom. The van der Waals surface area contributed by atoms with Crippen LogP contribution in [-0.4, -0.2) is 41.5 Å². The lowest BCUT2D eigenvalue weighted by Gasteiger charge is -2.36. The summed E-state index contributed by atoms with van der Waals surface area (Å²) in [5.41, 5.74) is 8.53. The van der Waals surface area contributed by atoms with Crippen molar-refractivity contribution < 1.29 is 9.53 Å². The smallest absolute Gasteiger partial charge is 0.255 e. The van der Waals surface area contributed by atoms with Gasteiger partial charge in [0.15, 0.2) is 0 Å². The van der Waals surface area contributed by atoms with Gasteiger partial charge in [-0.1, -0.05) is 12.1 Å². The third kappa shape index (κ3) is 3.41. The number of carbonyl (C=O) groups excluding carboxylic acids is 1.